The lowest BCUT2D eigenvalue weighted by molar-refractivity contribution is -0.0869. The highest BCUT2D eigenvalue weighted by Crippen LogP contribution is 2.41. The van der Waals surface area contributed by atoms with Gasteiger partial charge in [0.1, 0.15) is 0 Å². The summed E-state index contributed by atoms with van der Waals surface area (Å²) in [6.07, 6.45) is 11.4. The van der Waals surface area contributed by atoms with Gasteiger partial charge in [-0.1, -0.05) is 66.2 Å². The van der Waals surface area contributed by atoms with Gasteiger partial charge in [0.15, 0.2) is 0 Å². The molecule has 1 saturated carbocycles. The van der Waals surface area contributed by atoms with Crippen molar-refractivity contribution >= 4 is 0 Å². The van der Waals surface area contributed by atoms with Crippen molar-refractivity contribution < 1.29 is 5.11 Å². The van der Waals surface area contributed by atoms with Gasteiger partial charge in [0.05, 0.1) is 5.60 Å². The van der Waals surface area contributed by atoms with Crippen LogP contribution in [0.3, 0.4) is 0 Å². The Bertz CT molecular complexity index is 218. The van der Waals surface area contributed by atoms with Crippen LogP contribution in [0.15, 0.2) is 0 Å². The molecule has 1 N–H and O–H groups in total. The number of hydrogen-bond acceptors (Lipinski definition) is 1. The highest BCUT2D eigenvalue weighted by molar-refractivity contribution is 4.91. The summed E-state index contributed by atoms with van der Waals surface area (Å²) < 4.78 is 0. The van der Waals surface area contributed by atoms with Gasteiger partial charge < -0.3 is 5.11 Å². The summed E-state index contributed by atoms with van der Waals surface area (Å²) in [5.41, 5.74) is -0.409. The van der Waals surface area contributed by atoms with E-state index in [0.717, 1.165) is 6.42 Å². The molecule has 1 aliphatic rings. The molecule has 0 heterocycles. The molecule has 0 bridgehead atoms. The molecule has 0 saturated heterocycles. The van der Waals surface area contributed by atoms with Crippen LogP contribution in [0.4, 0.5) is 0 Å². The highest BCUT2D eigenvalue weighted by atomic mass is 16.3. The molecule has 0 aromatic rings. The molecule has 1 fully saturated rings. The molecule has 18 heavy (non-hydrogen) atoms. The first-order chi connectivity index (χ1) is 8.50. The average Bonchev–Trinajstić information content (AvgIpc) is 2.37. The predicted octanol–water partition coefficient (Wildman–Crippen LogP) is 5.17. The van der Waals surface area contributed by atoms with E-state index in [1.165, 1.54) is 51.4 Å². The van der Waals surface area contributed by atoms with Gasteiger partial charge in [-0.3, -0.25) is 0 Å². The lowest BCUT2D eigenvalue weighted by Crippen LogP contribution is -2.45. The van der Waals surface area contributed by atoms with Crippen molar-refractivity contribution in [2.24, 2.45) is 17.8 Å². The Hall–Kier alpha value is -0.0400. The SMILES string of the molecule is CCCCC(C)CC(O)(C(C)C)C1CCCCC1. The van der Waals surface area contributed by atoms with E-state index in [1.807, 2.05) is 0 Å². The van der Waals surface area contributed by atoms with E-state index in [-0.39, 0.29) is 0 Å². The molecule has 0 aromatic heterocycles. The number of aliphatic hydroxyl groups is 1. The first-order valence-corrected chi connectivity index (χ1v) is 8.23. The summed E-state index contributed by atoms with van der Waals surface area (Å²) in [5, 5.41) is 11.2. The molecule has 0 aromatic carbocycles. The van der Waals surface area contributed by atoms with Crippen molar-refractivity contribution in [2.45, 2.75) is 91.1 Å². The number of rotatable bonds is 7. The van der Waals surface area contributed by atoms with Crippen LogP contribution in [-0.2, 0) is 0 Å². The summed E-state index contributed by atoms with van der Waals surface area (Å²) in [5.74, 6) is 1.61. The van der Waals surface area contributed by atoms with Crippen molar-refractivity contribution in [2.75, 3.05) is 0 Å². The monoisotopic (exact) mass is 254 g/mol. The van der Waals surface area contributed by atoms with E-state index < -0.39 is 5.60 Å². The van der Waals surface area contributed by atoms with Gasteiger partial charge >= 0.3 is 0 Å². The predicted molar refractivity (Wildman–Crippen MR) is 79.7 cm³/mol. The molecule has 1 aliphatic carbocycles. The molecule has 1 heteroatoms. The van der Waals surface area contributed by atoms with Crippen LogP contribution in [0, 0.1) is 17.8 Å². The van der Waals surface area contributed by atoms with E-state index in [2.05, 4.69) is 27.7 Å². The fourth-order valence-electron chi connectivity index (χ4n) is 3.69. The third kappa shape index (κ3) is 4.26. The maximum absolute atomic E-state index is 11.2. The van der Waals surface area contributed by atoms with E-state index in [0.29, 0.717) is 17.8 Å². The first-order valence-electron chi connectivity index (χ1n) is 8.23. The summed E-state index contributed by atoms with van der Waals surface area (Å²) in [6, 6.07) is 0. The molecule has 0 aliphatic heterocycles. The molecule has 0 amide bonds. The van der Waals surface area contributed by atoms with Crippen LogP contribution in [0.1, 0.15) is 85.5 Å². The third-order valence-corrected chi connectivity index (χ3v) is 5.04. The zero-order valence-electron chi connectivity index (χ0n) is 13.0. The van der Waals surface area contributed by atoms with Crippen LogP contribution in [-0.4, -0.2) is 10.7 Å². The van der Waals surface area contributed by atoms with E-state index in [1.54, 1.807) is 0 Å². The van der Waals surface area contributed by atoms with E-state index >= 15 is 0 Å². The Morgan fingerprint density at radius 3 is 2.22 bits per heavy atom. The van der Waals surface area contributed by atoms with Crippen LogP contribution in [0.2, 0.25) is 0 Å². The molecular weight excluding hydrogens is 220 g/mol. The maximum Gasteiger partial charge on any atom is 0.0701 e. The van der Waals surface area contributed by atoms with Crippen molar-refractivity contribution in [1.82, 2.24) is 0 Å². The minimum Gasteiger partial charge on any atom is -0.389 e. The number of hydrogen-bond donors (Lipinski definition) is 1. The average molecular weight is 254 g/mol. The summed E-state index contributed by atoms with van der Waals surface area (Å²) >= 11 is 0. The second kappa shape index (κ2) is 7.53. The quantitative estimate of drug-likeness (QED) is 0.664. The molecule has 108 valence electrons. The Morgan fingerprint density at radius 2 is 1.72 bits per heavy atom. The minimum absolute atomic E-state index is 0.393. The lowest BCUT2D eigenvalue weighted by atomic mass is 9.67. The van der Waals surface area contributed by atoms with E-state index in [4.69, 9.17) is 0 Å². The summed E-state index contributed by atoms with van der Waals surface area (Å²) in [7, 11) is 0. The van der Waals surface area contributed by atoms with Gasteiger partial charge in [-0.25, -0.2) is 0 Å². The zero-order chi connectivity index (χ0) is 13.6. The van der Waals surface area contributed by atoms with Crippen LogP contribution < -0.4 is 0 Å². The van der Waals surface area contributed by atoms with Crippen molar-refractivity contribution in [1.29, 1.82) is 0 Å². The van der Waals surface area contributed by atoms with Crippen LogP contribution in [0.5, 0.6) is 0 Å². The molecule has 0 spiro atoms. The van der Waals surface area contributed by atoms with Gasteiger partial charge in [0.2, 0.25) is 0 Å². The minimum atomic E-state index is -0.409. The summed E-state index contributed by atoms with van der Waals surface area (Å²) in [6.45, 7) is 9.00. The molecule has 0 radical (unpaired) electrons. The molecule has 2 unspecified atom stereocenters. The Labute approximate surface area is 114 Å². The zero-order valence-corrected chi connectivity index (χ0v) is 13.0. The van der Waals surface area contributed by atoms with Crippen molar-refractivity contribution in [3.63, 3.8) is 0 Å². The molecule has 1 nitrogen and oxygen atoms in total. The fourth-order valence-corrected chi connectivity index (χ4v) is 3.69. The molecule has 1 rings (SSSR count). The van der Waals surface area contributed by atoms with Gasteiger partial charge in [-0.2, -0.15) is 0 Å². The molecular formula is C17H34O. The third-order valence-electron chi connectivity index (χ3n) is 5.04. The maximum atomic E-state index is 11.2. The van der Waals surface area contributed by atoms with Gasteiger partial charge in [0, 0.05) is 0 Å². The normalized spacial score (nSPS) is 23.0. The van der Waals surface area contributed by atoms with Crippen LogP contribution in [0.25, 0.3) is 0 Å². The lowest BCUT2D eigenvalue weighted by Gasteiger charge is -2.43. The second-order valence-electron chi connectivity index (χ2n) is 6.93. The highest BCUT2D eigenvalue weighted by Gasteiger charge is 2.40. The largest absolute Gasteiger partial charge is 0.389 e. The van der Waals surface area contributed by atoms with Crippen LogP contribution >= 0.6 is 0 Å². The van der Waals surface area contributed by atoms with Gasteiger partial charge in [0.25, 0.3) is 0 Å². The van der Waals surface area contributed by atoms with Crippen molar-refractivity contribution in [3.8, 4) is 0 Å². The fraction of sp³-hybridized carbons (Fsp3) is 1.00. The smallest absolute Gasteiger partial charge is 0.0701 e. The standard InChI is InChI=1S/C17H34O/c1-5-6-10-15(4)13-17(18,14(2)3)16-11-8-7-9-12-16/h14-16,18H,5-13H2,1-4H3. The second-order valence-corrected chi connectivity index (χ2v) is 6.93. The Kier molecular flexibility index (Phi) is 6.70. The van der Waals surface area contributed by atoms with Gasteiger partial charge in [-0.05, 0) is 37.0 Å². The van der Waals surface area contributed by atoms with E-state index in [9.17, 15) is 5.11 Å². The Morgan fingerprint density at radius 1 is 1.11 bits per heavy atom. The van der Waals surface area contributed by atoms with Gasteiger partial charge in [-0.15, -0.1) is 0 Å². The Balaban J connectivity index is 2.60. The number of unbranched alkanes of at least 4 members (excludes halogenated alkanes) is 1. The molecule has 2 atom stereocenters. The summed E-state index contributed by atoms with van der Waals surface area (Å²) in [4.78, 5) is 0. The topological polar surface area (TPSA) is 20.2 Å². The van der Waals surface area contributed by atoms with Crippen molar-refractivity contribution in [3.05, 3.63) is 0 Å². The first kappa shape index (κ1) is 16.0.